The van der Waals surface area contributed by atoms with Gasteiger partial charge in [0.05, 0.1) is 5.02 Å². The molecular formula is C17H20ClNO. The van der Waals surface area contributed by atoms with Crippen molar-refractivity contribution >= 4 is 11.6 Å². The summed E-state index contributed by atoms with van der Waals surface area (Å²) in [6, 6.07) is 12.0. The van der Waals surface area contributed by atoms with E-state index in [2.05, 4.69) is 32.0 Å². The lowest BCUT2D eigenvalue weighted by Gasteiger charge is -2.15. The Balaban J connectivity index is 2.23. The van der Waals surface area contributed by atoms with Gasteiger partial charge in [0.25, 0.3) is 0 Å². The van der Waals surface area contributed by atoms with E-state index >= 15 is 0 Å². The van der Waals surface area contributed by atoms with Gasteiger partial charge in [0, 0.05) is 0 Å². The Morgan fingerprint density at radius 2 is 1.70 bits per heavy atom. The zero-order chi connectivity index (χ0) is 14.5. The smallest absolute Gasteiger partial charge is 0.141 e. The van der Waals surface area contributed by atoms with Crippen molar-refractivity contribution in [2.75, 3.05) is 6.54 Å². The predicted molar refractivity (Wildman–Crippen MR) is 84.5 cm³/mol. The molecule has 0 saturated carbocycles. The Hall–Kier alpha value is -1.51. The molecule has 2 N–H and O–H groups in total. The Bertz CT molecular complexity index is 575. The van der Waals surface area contributed by atoms with Gasteiger partial charge in [-0.1, -0.05) is 41.9 Å². The molecule has 0 aliphatic carbocycles. The van der Waals surface area contributed by atoms with Crippen molar-refractivity contribution in [3.8, 4) is 5.75 Å². The second-order valence-electron chi connectivity index (χ2n) is 4.93. The Kier molecular flexibility index (Phi) is 5.05. The molecule has 0 saturated heterocycles. The Morgan fingerprint density at radius 1 is 1.05 bits per heavy atom. The number of ether oxygens (including phenoxy) is 1. The molecule has 3 heteroatoms. The second-order valence-corrected chi connectivity index (χ2v) is 5.33. The quantitative estimate of drug-likeness (QED) is 0.902. The van der Waals surface area contributed by atoms with Crippen LogP contribution in [0.15, 0.2) is 36.4 Å². The SMILES string of the molecule is Cc1cccc(C)c1COc1c(Cl)cccc1CCN. The molecule has 0 amide bonds. The van der Waals surface area contributed by atoms with Crippen LogP contribution in [0.25, 0.3) is 0 Å². The average Bonchev–Trinajstić information content (AvgIpc) is 2.41. The van der Waals surface area contributed by atoms with Crippen molar-refractivity contribution < 1.29 is 4.74 Å². The fraction of sp³-hybridized carbons (Fsp3) is 0.294. The minimum absolute atomic E-state index is 0.528. The van der Waals surface area contributed by atoms with Crippen molar-refractivity contribution in [2.45, 2.75) is 26.9 Å². The number of nitrogens with two attached hydrogens (primary N) is 1. The second kappa shape index (κ2) is 6.78. The van der Waals surface area contributed by atoms with E-state index in [0.717, 1.165) is 17.7 Å². The number of halogens is 1. The number of rotatable bonds is 5. The van der Waals surface area contributed by atoms with Gasteiger partial charge in [-0.15, -0.1) is 0 Å². The molecule has 0 bridgehead atoms. The van der Waals surface area contributed by atoms with Crippen LogP contribution in [-0.4, -0.2) is 6.54 Å². The number of hydrogen-bond acceptors (Lipinski definition) is 2. The monoisotopic (exact) mass is 289 g/mol. The van der Waals surface area contributed by atoms with Crippen molar-refractivity contribution in [1.82, 2.24) is 0 Å². The summed E-state index contributed by atoms with van der Waals surface area (Å²) in [5, 5.41) is 0.641. The highest BCUT2D eigenvalue weighted by Crippen LogP contribution is 2.30. The van der Waals surface area contributed by atoms with Gasteiger partial charge in [-0.2, -0.15) is 0 Å². The molecule has 0 atom stereocenters. The fourth-order valence-electron chi connectivity index (χ4n) is 2.29. The minimum Gasteiger partial charge on any atom is -0.487 e. The summed E-state index contributed by atoms with van der Waals surface area (Å²) in [5.74, 6) is 0.752. The maximum absolute atomic E-state index is 6.25. The number of benzene rings is 2. The van der Waals surface area contributed by atoms with E-state index in [1.807, 2.05) is 18.2 Å². The molecule has 2 nitrogen and oxygen atoms in total. The molecule has 0 radical (unpaired) electrons. The van der Waals surface area contributed by atoms with Gasteiger partial charge in [-0.05, 0) is 55.1 Å². The normalized spacial score (nSPS) is 10.6. The van der Waals surface area contributed by atoms with Crippen molar-refractivity contribution in [1.29, 1.82) is 0 Å². The average molecular weight is 290 g/mol. The van der Waals surface area contributed by atoms with Crippen LogP contribution in [0, 0.1) is 13.8 Å². The fourth-order valence-corrected chi connectivity index (χ4v) is 2.54. The largest absolute Gasteiger partial charge is 0.487 e. The van der Waals surface area contributed by atoms with Gasteiger partial charge in [0.1, 0.15) is 12.4 Å². The predicted octanol–water partition coefficient (Wildman–Crippen LogP) is 4.04. The highest BCUT2D eigenvalue weighted by atomic mass is 35.5. The van der Waals surface area contributed by atoms with Crippen LogP contribution in [-0.2, 0) is 13.0 Å². The first-order valence-corrected chi connectivity index (χ1v) is 7.16. The minimum atomic E-state index is 0.528. The van der Waals surface area contributed by atoms with Crippen LogP contribution in [0.5, 0.6) is 5.75 Å². The summed E-state index contributed by atoms with van der Waals surface area (Å²) >= 11 is 6.25. The van der Waals surface area contributed by atoms with E-state index in [0.29, 0.717) is 18.2 Å². The zero-order valence-electron chi connectivity index (χ0n) is 11.9. The summed E-state index contributed by atoms with van der Waals surface area (Å²) in [6.45, 7) is 5.30. The number of para-hydroxylation sites is 1. The third-order valence-corrected chi connectivity index (χ3v) is 3.77. The number of aryl methyl sites for hydroxylation is 2. The molecule has 20 heavy (non-hydrogen) atoms. The molecule has 0 heterocycles. The zero-order valence-corrected chi connectivity index (χ0v) is 12.7. The first-order valence-electron chi connectivity index (χ1n) is 6.79. The van der Waals surface area contributed by atoms with Crippen LogP contribution in [0.4, 0.5) is 0 Å². The van der Waals surface area contributed by atoms with Crippen molar-refractivity contribution in [3.63, 3.8) is 0 Å². The topological polar surface area (TPSA) is 35.2 Å². The van der Waals surface area contributed by atoms with Gasteiger partial charge in [-0.25, -0.2) is 0 Å². The Labute approximate surface area is 125 Å². The highest BCUT2D eigenvalue weighted by Gasteiger charge is 2.10. The van der Waals surface area contributed by atoms with E-state index in [4.69, 9.17) is 22.1 Å². The molecule has 2 aromatic carbocycles. The van der Waals surface area contributed by atoms with E-state index in [-0.39, 0.29) is 0 Å². The summed E-state index contributed by atoms with van der Waals surface area (Å²) in [5.41, 5.74) is 10.4. The van der Waals surface area contributed by atoms with Crippen LogP contribution in [0.2, 0.25) is 5.02 Å². The summed E-state index contributed by atoms with van der Waals surface area (Å²) < 4.78 is 5.98. The van der Waals surface area contributed by atoms with E-state index in [1.54, 1.807) is 0 Å². The lowest BCUT2D eigenvalue weighted by Crippen LogP contribution is -2.07. The Morgan fingerprint density at radius 3 is 2.35 bits per heavy atom. The maximum atomic E-state index is 6.25. The van der Waals surface area contributed by atoms with Crippen LogP contribution >= 0.6 is 11.6 Å². The van der Waals surface area contributed by atoms with Crippen LogP contribution in [0.3, 0.4) is 0 Å². The highest BCUT2D eigenvalue weighted by molar-refractivity contribution is 6.32. The van der Waals surface area contributed by atoms with Gasteiger partial charge in [0.2, 0.25) is 0 Å². The molecule has 106 valence electrons. The molecule has 0 aliphatic rings. The van der Waals surface area contributed by atoms with Gasteiger partial charge in [-0.3, -0.25) is 0 Å². The standard InChI is InChI=1S/C17H20ClNO/c1-12-5-3-6-13(2)15(12)11-20-17-14(9-10-19)7-4-8-16(17)18/h3-8H,9-11,19H2,1-2H3. The molecule has 2 aromatic rings. The lowest BCUT2D eigenvalue weighted by atomic mass is 10.0. The van der Waals surface area contributed by atoms with Gasteiger partial charge in [0.15, 0.2) is 0 Å². The molecule has 0 aromatic heterocycles. The molecular weight excluding hydrogens is 270 g/mol. The van der Waals surface area contributed by atoms with E-state index < -0.39 is 0 Å². The van der Waals surface area contributed by atoms with E-state index in [9.17, 15) is 0 Å². The lowest BCUT2D eigenvalue weighted by molar-refractivity contribution is 0.301. The van der Waals surface area contributed by atoms with Crippen LogP contribution < -0.4 is 10.5 Å². The summed E-state index contributed by atoms with van der Waals surface area (Å²) in [6.07, 6.45) is 0.767. The summed E-state index contributed by atoms with van der Waals surface area (Å²) in [4.78, 5) is 0. The third kappa shape index (κ3) is 3.33. The first kappa shape index (κ1) is 14.9. The van der Waals surface area contributed by atoms with Crippen LogP contribution in [0.1, 0.15) is 22.3 Å². The molecule has 0 unspecified atom stereocenters. The van der Waals surface area contributed by atoms with E-state index in [1.165, 1.54) is 16.7 Å². The van der Waals surface area contributed by atoms with Gasteiger partial charge < -0.3 is 10.5 Å². The molecule has 0 fully saturated rings. The van der Waals surface area contributed by atoms with Gasteiger partial charge >= 0.3 is 0 Å². The third-order valence-electron chi connectivity index (χ3n) is 3.47. The number of hydrogen-bond donors (Lipinski definition) is 1. The summed E-state index contributed by atoms with van der Waals surface area (Å²) in [7, 11) is 0. The maximum Gasteiger partial charge on any atom is 0.141 e. The van der Waals surface area contributed by atoms with Crippen molar-refractivity contribution in [2.24, 2.45) is 5.73 Å². The first-order chi connectivity index (χ1) is 9.63. The molecule has 2 rings (SSSR count). The molecule has 0 spiro atoms. The molecule has 0 aliphatic heterocycles. The van der Waals surface area contributed by atoms with Crippen molar-refractivity contribution in [3.05, 3.63) is 63.7 Å².